The number of halogens is 6. The highest BCUT2D eigenvalue weighted by atomic mass is 19.3. The summed E-state index contributed by atoms with van der Waals surface area (Å²) in [5.74, 6) is -10.5. The Labute approximate surface area is 149 Å². The predicted molar refractivity (Wildman–Crippen MR) is 81.2 cm³/mol. The van der Waals surface area contributed by atoms with Crippen LogP contribution in [0.4, 0.5) is 26.3 Å². The van der Waals surface area contributed by atoms with E-state index in [9.17, 15) is 31.4 Å². The maximum absolute atomic E-state index is 13.9. The fraction of sp³-hybridized carbons (Fsp3) is 0.278. The molecule has 9 heteroatoms. The Kier molecular flexibility index (Phi) is 4.35. The molecule has 0 amide bonds. The maximum Gasteiger partial charge on any atom is 0.343 e. The highest BCUT2D eigenvalue weighted by molar-refractivity contribution is 5.55. The summed E-state index contributed by atoms with van der Waals surface area (Å²) >= 11 is 0. The SMILES string of the molecule is Cc1cc(C#N)cc(Oc2ccc3c(c2C(F)F)C(O)C(F)(F)C3(F)F)c1. The average molecular weight is 387 g/mol. The van der Waals surface area contributed by atoms with Gasteiger partial charge >= 0.3 is 11.8 Å². The number of benzene rings is 2. The third-order valence-electron chi connectivity index (χ3n) is 4.25. The summed E-state index contributed by atoms with van der Waals surface area (Å²) in [5, 5.41) is 18.6. The molecule has 0 spiro atoms. The lowest BCUT2D eigenvalue weighted by atomic mass is 10.0. The molecule has 0 saturated heterocycles. The van der Waals surface area contributed by atoms with Crippen LogP contribution in [0.1, 0.15) is 40.3 Å². The molecular weight excluding hydrogens is 376 g/mol. The van der Waals surface area contributed by atoms with Gasteiger partial charge in [0, 0.05) is 11.1 Å². The van der Waals surface area contributed by atoms with E-state index < -0.39 is 46.8 Å². The van der Waals surface area contributed by atoms with Crippen LogP contribution in [-0.4, -0.2) is 11.0 Å². The van der Waals surface area contributed by atoms with Crippen LogP contribution in [-0.2, 0) is 5.92 Å². The zero-order chi connectivity index (χ0) is 20.1. The Morgan fingerprint density at radius 3 is 2.41 bits per heavy atom. The second-order valence-corrected chi connectivity index (χ2v) is 6.09. The molecule has 1 unspecified atom stereocenters. The van der Waals surface area contributed by atoms with Gasteiger partial charge in [-0.05, 0) is 42.8 Å². The minimum atomic E-state index is -4.94. The second-order valence-electron chi connectivity index (χ2n) is 6.09. The van der Waals surface area contributed by atoms with E-state index in [1.807, 2.05) is 6.07 Å². The van der Waals surface area contributed by atoms with Gasteiger partial charge in [-0.2, -0.15) is 22.8 Å². The molecule has 3 rings (SSSR count). The largest absolute Gasteiger partial charge is 0.457 e. The number of nitriles is 1. The lowest BCUT2D eigenvalue weighted by Crippen LogP contribution is -2.36. The number of nitrogens with zero attached hydrogens (tertiary/aromatic N) is 1. The van der Waals surface area contributed by atoms with Crippen molar-refractivity contribution in [2.24, 2.45) is 0 Å². The van der Waals surface area contributed by atoms with Crippen molar-refractivity contribution in [3.8, 4) is 17.6 Å². The van der Waals surface area contributed by atoms with E-state index in [4.69, 9.17) is 10.00 Å². The fourth-order valence-electron chi connectivity index (χ4n) is 3.03. The van der Waals surface area contributed by atoms with E-state index in [0.29, 0.717) is 11.6 Å². The molecule has 0 fully saturated rings. The van der Waals surface area contributed by atoms with Crippen LogP contribution in [0.25, 0.3) is 0 Å². The van der Waals surface area contributed by atoms with Gasteiger partial charge in [-0.25, -0.2) is 8.78 Å². The molecule has 1 aliphatic carbocycles. The maximum atomic E-state index is 13.9. The first-order chi connectivity index (χ1) is 12.5. The quantitative estimate of drug-likeness (QED) is 0.721. The number of fused-ring (bicyclic) bond motifs is 1. The third-order valence-corrected chi connectivity index (χ3v) is 4.25. The second kappa shape index (κ2) is 6.16. The van der Waals surface area contributed by atoms with E-state index >= 15 is 0 Å². The molecule has 0 heterocycles. The van der Waals surface area contributed by atoms with Crippen LogP contribution in [0.15, 0.2) is 30.3 Å². The zero-order valence-electron chi connectivity index (χ0n) is 13.6. The first kappa shape index (κ1) is 19.0. The molecule has 1 aliphatic rings. The topological polar surface area (TPSA) is 53.2 Å². The van der Waals surface area contributed by atoms with E-state index in [-0.39, 0.29) is 11.3 Å². The number of hydrogen-bond acceptors (Lipinski definition) is 3. The van der Waals surface area contributed by atoms with E-state index in [2.05, 4.69) is 0 Å². The lowest BCUT2D eigenvalue weighted by molar-refractivity contribution is -0.246. The van der Waals surface area contributed by atoms with Crippen LogP contribution in [0, 0.1) is 18.3 Å². The molecular formula is C18H11F6NO2. The molecule has 0 bridgehead atoms. The van der Waals surface area contributed by atoms with Crippen LogP contribution in [0.3, 0.4) is 0 Å². The molecule has 2 aromatic rings. The Balaban J connectivity index is 2.17. The standard InChI is InChI=1S/C18H11F6NO2/c1-8-4-9(7-25)6-10(5-8)27-12-3-2-11-13(14(12)16(19)20)15(26)18(23,24)17(11,21)22/h2-6,15-16,26H,1H3. The molecule has 0 radical (unpaired) electrons. The monoisotopic (exact) mass is 387 g/mol. The predicted octanol–water partition coefficient (Wildman–Crippen LogP) is 5.37. The highest BCUT2D eigenvalue weighted by Gasteiger charge is 2.69. The fourth-order valence-corrected chi connectivity index (χ4v) is 3.03. The van der Waals surface area contributed by atoms with Crippen molar-refractivity contribution < 1.29 is 36.2 Å². The lowest BCUT2D eigenvalue weighted by Gasteiger charge is -2.21. The van der Waals surface area contributed by atoms with Gasteiger partial charge in [0.15, 0.2) is 6.10 Å². The number of ether oxygens (including phenoxy) is 1. The summed E-state index contributed by atoms with van der Waals surface area (Å²) < 4.78 is 87.6. The van der Waals surface area contributed by atoms with Crippen LogP contribution >= 0.6 is 0 Å². The first-order valence-electron chi connectivity index (χ1n) is 7.59. The van der Waals surface area contributed by atoms with E-state index in [0.717, 1.165) is 6.07 Å². The van der Waals surface area contributed by atoms with Crippen LogP contribution < -0.4 is 4.74 Å². The van der Waals surface area contributed by atoms with Crippen molar-refractivity contribution in [2.45, 2.75) is 31.3 Å². The Morgan fingerprint density at radius 1 is 1.15 bits per heavy atom. The normalized spacial score (nSPS) is 19.6. The Bertz CT molecular complexity index is 952. The summed E-state index contributed by atoms with van der Waals surface area (Å²) in [6, 6.07) is 7.19. The van der Waals surface area contributed by atoms with E-state index in [1.54, 1.807) is 6.92 Å². The van der Waals surface area contributed by atoms with Gasteiger partial charge in [-0.15, -0.1) is 0 Å². The van der Waals surface area contributed by atoms with Crippen molar-refractivity contribution in [3.05, 3.63) is 58.1 Å². The molecule has 1 N–H and O–H groups in total. The Morgan fingerprint density at radius 2 is 1.81 bits per heavy atom. The molecule has 3 nitrogen and oxygen atoms in total. The zero-order valence-corrected chi connectivity index (χ0v) is 13.6. The van der Waals surface area contributed by atoms with Crippen molar-refractivity contribution in [1.29, 1.82) is 5.26 Å². The summed E-state index contributed by atoms with van der Waals surface area (Å²) in [7, 11) is 0. The van der Waals surface area contributed by atoms with Gasteiger partial charge in [0.1, 0.15) is 11.5 Å². The van der Waals surface area contributed by atoms with Crippen molar-refractivity contribution in [3.63, 3.8) is 0 Å². The number of aryl methyl sites for hydroxylation is 1. The number of aliphatic hydroxyl groups is 1. The molecule has 0 aromatic heterocycles. The Hall–Kier alpha value is -2.73. The van der Waals surface area contributed by atoms with Crippen molar-refractivity contribution >= 4 is 0 Å². The smallest absolute Gasteiger partial charge is 0.343 e. The van der Waals surface area contributed by atoms with Gasteiger partial charge in [-0.1, -0.05) is 0 Å². The van der Waals surface area contributed by atoms with Gasteiger partial charge in [0.2, 0.25) is 0 Å². The minimum absolute atomic E-state index is 0.0561. The van der Waals surface area contributed by atoms with Gasteiger partial charge in [-0.3, -0.25) is 0 Å². The number of alkyl halides is 6. The first-order valence-corrected chi connectivity index (χ1v) is 7.59. The molecule has 1 atom stereocenters. The molecule has 27 heavy (non-hydrogen) atoms. The average Bonchev–Trinajstić information content (AvgIpc) is 2.71. The summed E-state index contributed by atoms with van der Waals surface area (Å²) in [4.78, 5) is 0. The van der Waals surface area contributed by atoms with Gasteiger partial charge < -0.3 is 9.84 Å². The molecule has 2 aromatic carbocycles. The van der Waals surface area contributed by atoms with Crippen molar-refractivity contribution in [1.82, 2.24) is 0 Å². The van der Waals surface area contributed by atoms with Crippen LogP contribution in [0.5, 0.6) is 11.5 Å². The summed E-state index contributed by atoms with van der Waals surface area (Å²) in [6.07, 6.45) is -6.57. The van der Waals surface area contributed by atoms with Crippen molar-refractivity contribution in [2.75, 3.05) is 0 Å². The minimum Gasteiger partial charge on any atom is -0.457 e. The molecule has 142 valence electrons. The number of hydrogen-bond donors (Lipinski definition) is 1. The summed E-state index contributed by atoms with van der Waals surface area (Å²) in [6.45, 7) is 1.61. The van der Waals surface area contributed by atoms with Gasteiger partial charge in [0.25, 0.3) is 6.43 Å². The summed E-state index contributed by atoms with van der Waals surface area (Å²) in [5.41, 5.74) is -3.14. The number of aliphatic hydroxyl groups excluding tert-OH is 1. The van der Waals surface area contributed by atoms with E-state index in [1.165, 1.54) is 18.2 Å². The van der Waals surface area contributed by atoms with Crippen LogP contribution in [0.2, 0.25) is 0 Å². The third kappa shape index (κ3) is 2.80. The van der Waals surface area contributed by atoms with Gasteiger partial charge in [0.05, 0.1) is 17.2 Å². The molecule has 0 saturated carbocycles. The molecule has 0 aliphatic heterocycles. The number of rotatable bonds is 3. The highest BCUT2D eigenvalue weighted by Crippen LogP contribution is 2.60.